The highest BCUT2D eigenvalue weighted by Gasteiger charge is 2.28. The minimum Gasteiger partial charge on any atom is -0.488 e. The van der Waals surface area contributed by atoms with E-state index in [1.807, 2.05) is 30.3 Å². The predicted molar refractivity (Wildman–Crippen MR) is 95.1 cm³/mol. The summed E-state index contributed by atoms with van der Waals surface area (Å²) in [4.78, 5) is 15.0. The lowest BCUT2D eigenvalue weighted by Crippen LogP contribution is -2.47. The number of amides is 1. The highest BCUT2D eigenvalue weighted by atomic mass is 35.5. The number of fused-ring (bicyclic) bond motifs is 1. The minimum absolute atomic E-state index is 0. The van der Waals surface area contributed by atoms with Crippen molar-refractivity contribution < 1.29 is 9.53 Å². The van der Waals surface area contributed by atoms with Crippen molar-refractivity contribution in [1.29, 1.82) is 0 Å². The molecular formula is C18H25ClN2O2. The number of ether oxygens (including phenoxy) is 1. The van der Waals surface area contributed by atoms with Gasteiger partial charge < -0.3 is 15.0 Å². The summed E-state index contributed by atoms with van der Waals surface area (Å²) in [7, 11) is 0. The summed E-state index contributed by atoms with van der Waals surface area (Å²) in [6.45, 7) is 5.32. The Hall–Kier alpha value is -1.52. The molecule has 1 aromatic carbocycles. The molecule has 2 heterocycles. The van der Waals surface area contributed by atoms with E-state index in [9.17, 15) is 4.79 Å². The number of piperidine rings is 1. The number of nitrogens with one attached hydrogen (secondary N) is 1. The Balaban J connectivity index is 0.00000192. The van der Waals surface area contributed by atoms with Crippen molar-refractivity contribution in [3.05, 3.63) is 35.4 Å². The van der Waals surface area contributed by atoms with Crippen LogP contribution in [0.25, 0.3) is 6.08 Å². The number of carbonyl (C=O) groups excluding carboxylic acids is 1. The summed E-state index contributed by atoms with van der Waals surface area (Å²) in [5.74, 6) is 1.01. The van der Waals surface area contributed by atoms with Crippen LogP contribution < -0.4 is 10.1 Å². The van der Waals surface area contributed by atoms with Gasteiger partial charge in [0.25, 0.3) is 5.91 Å². The smallest absolute Gasteiger partial charge is 0.253 e. The maximum absolute atomic E-state index is 13.0. The molecule has 0 atom stereocenters. The van der Waals surface area contributed by atoms with Crippen molar-refractivity contribution >= 4 is 24.4 Å². The first kappa shape index (κ1) is 17.8. The molecule has 0 radical (unpaired) electrons. The van der Waals surface area contributed by atoms with Gasteiger partial charge in [0.1, 0.15) is 12.4 Å². The molecule has 0 aliphatic carbocycles. The second-order valence-corrected chi connectivity index (χ2v) is 5.98. The van der Waals surface area contributed by atoms with Crippen LogP contribution in [0.4, 0.5) is 0 Å². The highest BCUT2D eigenvalue weighted by molar-refractivity contribution is 5.99. The van der Waals surface area contributed by atoms with Gasteiger partial charge in [0, 0.05) is 18.2 Å². The third kappa shape index (κ3) is 4.06. The Morgan fingerprint density at radius 3 is 2.78 bits per heavy atom. The number of halogens is 1. The molecular weight excluding hydrogens is 312 g/mol. The predicted octanol–water partition coefficient (Wildman–Crippen LogP) is 2.87. The first-order valence-electron chi connectivity index (χ1n) is 8.23. The maximum atomic E-state index is 13.0. The quantitative estimate of drug-likeness (QED) is 0.919. The van der Waals surface area contributed by atoms with Gasteiger partial charge in [-0.3, -0.25) is 4.79 Å². The third-order valence-electron chi connectivity index (χ3n) is 4.38. The van der Waals surface area contributed by atoms with Crippen molar-refractivity contribution in [2.24, 2.45) is 0 Å². The number of rotatable bonds is 4. The number of nitrogens with zero attached hydrogens (tertiary/aromatic N) is 1. The zero-order chi connectivity index (χ0) is 15.4. The van der Waals surface area contributed by atoms with Crippen molar-refractivity contribution in [2.45, 2.75) is 32.2 Å². The maximum Gasteiger partial charge on any atom is 0.253 e. The molecule has 0 unspecified atom stereocenters. The Labute approximate surface area is 144 Å². The van der Waals surface area contributed by atoms with Crippen molar-refractivity contribution in [3.8, 4) is 5.75 Å². The molecule has 2 aliphatic rings. The molecule has 0 spiro atoms. The summed E-state index contributed by atoms with van der Waals surface area (Å²) in [5, 5.41) is 3.37. The highest BCUT2D eigenvalue weighted by Crippen LogP contribution is 2.27. The molecule has 5 heteroatoms. The second-order valence-electron chi connectivity index (χ2n) is 5.98. The fraction of sp³-hybridized carbons (Fsp3) is 0.500. The molecule has 0 aromatic heterocycles. The van der Waals surface area contributed by atoms with E-state index < -0.39 is 0 Å². The Bertz CT molecular complexity index is 568. The molecule has 23 heavy (non-hydrogen) atoms. The summed E-state index contributed by atoms with van der Waals surface area (Å²) in [6, 6.07) is 8.23. The molecule has 1 N–H and O–H groups in total. The van der Waals surface area contributed by atoms with E-state index >= 15 is 0 Å². The molecule has 2 aliphatic heterocycles. The first-order valence-corrected chi connectivity index (χ1v) is 8.23. The van der Waals surface area contributed by atoms with Crippen LogP contribution in [0.1, 0.15) is 31.7 Å². The van der Waals surface area contributed by atoms with Crippen LogP contribution in [0.5, 0.6) is 5.75 Å². The van der Waals surface area contributed by atoms with Crippen LogP contribution in [-0.2, 0) is 4.79 Å². The van der Waals surface area contributed by atoms with Gasteiger partial charge in [-0.25, -0.2) is 0 Å². The van der Waals surface area contributed by atoms with E-state index in [-0.39, 0.29) is 18.3 Å². The zero-order valence-corrected chi connectivity index (χ0v) is 14.4. The molecule has 0 saturated carbocycles. The average molecular weight is 337 g/mol. The Morgan fingerprint density at radius 2 is 2.04 bits per heavy atom. The lowest BCUT2D eigenvalue weighted by atomic mass is 10.0. The monoisotopic (exact) mass is 336 g/mol. The zero-order valence-electron chi connectivity index (χ0n) is 13.6. The van der Waals surface area contributed by atoms with Gasteiger partial charge in [-0.15, -0.1) is 12.4 Å². The van der Waals surface area contributed by atoms with Crippen LogP contribution in [0.2, 0.25) is 0 Å². The summed E-state index contributed by atoms with van der Waals surface area (Å²) >= 11 is 0. The largest absolute Gasteiger partial charge is 0.488 e. The van der Waals surface area contributed by atoms with Gasteiger partial charge in [0.15, 0.2) is 0 Å². The van der Waals surface area contributed by atoms with Gasteiger partial charge in [-0.2, -0.15) is 0 Å². The van der Waals surface area contributed by atoms with Crippen molar-refractivity contribution in [2.75, 3.05) is 26.2 Å². The molecule has 4 nitrogen and oxygen atoms in total. The molecule has 3 rings (SSSR count). The molecule has 126 valence electrons. The molecule has 1 fully saturated rings. The van der Waals surface area contributed by atoms with E-state index in [1.165, 1.54) is 0 Å². The van der Waals surface area contributed by atoms with E-state index in [0.717, 1.165) is 55.8 Å². The molecule has 1 saturated heterocycles. The molecule has 1 amide bonds. The third-order valence-corrected chi connectivity index (χ3v) is 4.38. The fourth-order valence-corrected chi connectivity index (χ4v) is 3.23. The van der Waals surface area contributed by atoms with Gasteiger partial charge >= 0.3 is 0 Å². The van der Waals surface area contributed by atoms with Crippen LogP contribution in [-0.4, -0.2) is 43.1 Å². The fourth-order valence-electron chi connectivity index (χ4n) is 3.23. The standard InChI is InChI=1S/C18H24N2O2.ClH/c1-2-11-20(16-7-9-19-10-8-16)18(21)15-12-14-5-3-4-6-17(14)22-13-15;/h3-6,12,16,19H,2,7-11,13H2,1H3;1H. The van der Waals surface area contributed by atoms with E-state index in [2.05, 4.69) is 17.1 Å². The van der Waals surface area contributed by atoms with Gasteiger partial charge in [-0.05, 0) is 44.5 Å². The van der Waals surface area contributed by atoms with E-state index in [1.54, 1.807) is 0 Å². The van der Waals surface area contributed by atoms with E-state index in [4.69, 9.17) is 4.74 Å². The summed E-state index contributed by atoms with van der Waals surface area (Å²) < 4.78 is 5.74. The number of carbonyl (C=O) groups is 1. The summed E-state index contributed by atoms with van der Waals surface area (Å²) in [6.07, 6.45) is 5.05. The van der Waals surface area contributed by atoms with Crippen LogP contribution in [0, 0.1) is 0 Å². The Kier molecular flexibility index (Phi) is 6.48. The minimum atomic E-state index is 0. The van der Waals surface area contributed by atoms with Crippen molar-refractivity contribution in [3.63, 3.8) is 0 Å². The number of hydrogen-bond acceptors (Lipinski definition) is 3. The lowest BCUT2D eigenvalue weighted by molar-refractivity contribution is -0.130. The summed E-state index contributed by atoms with van der Waals surface area (Å²) in [5.41, 5.74) is 1.77. The van der Waals surface area contributed by atoms with Gasteiger partial charge in [-0.1, -0.05) is 25.1 Å². The average Bonchev–Trinajstić information content (AvgIpc) is 2.59. The van der Waals surface area contributed by atoms with Gasteiger partial charge in [0.2, 0.25) is 0 Å². The van der Waals surface area contributed by atoms with Crippen molar-refractivity contribution in [1.82, 2.24) is 10.2 Å². The van der Waals surface area contributed by atoms with Crippen LogP contribution in [0.15, 0.2) is 29.8 Å². The number of hydrogen-bond donors (Lipinski definition) is 1. The topological polar surface area (TPSA) is 41.6 Å². The molecule has 1 aromatic rings. The lowest BCUT2D eigenvalue weighted by Gasteiger charge is -2.35. The number of para-hydroxylation sites is 1. The second kappa shape index (κ2) is 8.37. The SMILES string of the molecule is CCCN(C(=O)C1=Cc2ccccc2OC1)C1CCNCC1.Cl. The number of benzene rings is 1. The van der Waals surface area contributed by atoms with E-state index in [0.29, 0.717) is 12.6 Å². The first-order chi connectivity index (χ1) is 10.8. The normalized spacial score (nSPS) is 17.3. The Morgan fingerprint density at radius 1 is 1.30 bits per heavy atom. The molecule has 0 bridgehead atoms. The van der Waals surface area contributed by atoms with Crippen LogP contribution in [0.3, 0.4) is 0 Å². The van der Waals surface area contributed by atoms with Crippen LogP contribution >= 0.6 is 12.4 Å². The van der Waals surface area contributed by atoms with Gasteiger partial charge in [0.05, 0.1) is 5.57 Å².